The summed E-state index contributed by atoms with van der Waals surface area (Å²) in [6, 6.07) is 10.1. The molecule has 0 saturated heterocycles. The Morgan fingerprint density at radius 2 is 2.00 bits per heavy atom. The minimum atomic E-state index is -0.0273. The monoisotopic (exact) mass is 219 g/mol. The summed E-state index contributed by atoms with van der Waals surface area (Å²) in [7, 11) is 1.71. The SMILES string of the molecule is C=C(C)CCC(N)C(OC)c1ccccc1. The van der Waals surface area contributed by atoms with Crippen LogP contribution in [0, 0.1) is 0 Å². The highest BCUT2D eigenvalue weighted by molar-refractivity contribution is 5.19. The number of methoxy groups -OCH3 is 1. The van der Waals surface area contributed by atoms with Gasteiger partial charge in [-0.1, -0.05) is 35.9 Å². The van der Waals surface area contributed by atoms with Crippen LogP contribution >= 0.6 is 0 Å². The molecule has 88 valence electrons. The molecule has 2 N–H and O–H groups in total. The van der Waals surface area contributed by atoms with E-state index in [0.29, 0.717) is 0 Å². The van der Waals surface area contributed by atoms with Crippen molar-refractivity contribution in [2.75, 3.05) is 7.11 Å². The van der Waals surface area contributed by atoms with Crippen LogP contribution < -0.4 is 5.73 Å². The maximum atomic E-state index is 6.14. The summed E-state index contributed by atoms with van der Waals surface area (Å²) in [5.41, 5.74) is 8.45. The van der Waals surface area contributed by atoms with Crippen molar-refractivity contribution < 1.29 is 4.74 Å². The minimum Gasteiger partial charge on any atom is -0.375 e. The molecular formula is C14H21NO. The molecule has 0 spiro atoms. The van der Waals surface area contributed by atoms with E-state index in [1.54, 1.807) is 7.11 Å². The van der Waals surface area contributed by atoms with E-state index in [4.69, 9.17) is 10.5 Å². The van der Waals surface area contributed by atoms with Gasteiger partial charge >= 0.3 is 0 Å². The van der Waals surface area contributed by atoms with Gasteiger partial charge in [0, 0.05) is 13.2 Å². The number of allylic oxidation sites excluding steroid dienone is 1. The third-order valence-corrected chi connectivity index (χ3v) is 2.68. The van der Waals surface area contributed by atoms with Gasteiger partial charge in [0.1, 0.15) is 0 Å². The molecule has 2 atom stereocenters. The maximum absolute atomic E-state index is 6.14. The van der Waals surface area contributed by atoms with Crippen molar-refractivity contribution in [3.05, 3.63) is 48.0 Å². The summed E-state index contributed by atoms with van der Waals surface area (Å²) >= 11 is 0. The van der Waals surface area contributed by atoms with Crippen molar-refractivity contribution in [1.29, 1.82) is 0 Å². The van der Waals surface area contributed by atoms with Gasteiger partial charge in [-0.15, -0.1) is 6.58 Å². The Labute approximate surface area is 98.1 Å². The van der Waals surface area contributed by atoms with Crippen molar-refractivity contribution in [3.63, 3.8) is 0 Å². The van der Waals surface area contributed by atoms with Crippen LogP contribution in [0.4, 0.5) is 0 Å². The molecule has 0 aromatic heterocycles. The average Bonchev–Trinajstić information content (AvgIpc) is 2.29. The third kappa shape index (κ3) is 3.80. The average molecular weight is 219 g/mol. The molecule has 2 nitrogen and oxygen atoms in total. The van der Waals surface area contributed by atoms with Gasteiger partial charge in [-0.05, 0) is 25.3 Å². The molecule has 2 heteroatoms. The Kier molecular flexibility index (Phi) is 5.23. The largest absolute Gasteiger partial charge is 0.375 e. The summed E-state index contributed by atoms with van der Waals surface area (Å²) in [4.78, 5) is 0. The maximum Gasteiger partial charge on any atom is 0.0972 e. The first-order valence-corrected chi connectivity index (χ1v) is 5.63. The highest BCUT2D eigenvalue weighted by Crippen LogP contribution is 2.22. The number of nitrogens with two attached hydrogens (primary N) is 1. The van der Waals surface area contributed by atoms with Crippen LogP contribution in [0.5, 0.6) is 0 Å². The number of hydrogen-bond acceptors (Lipinski definition) is 2. The summed E-state index contributed by atoms with van der Waals surface area (Å²) in [5, 5.41) is 0. The van der Waals surface area contributed by atoms with Crippen LogP contribution in [0.2, 0.25) is 0 Å². The Bertz CT molecular complexity index is 321. The standard InChI is InChI=1S/C14H21NO/c1-11(2)9-10-13(15)14(16-3)12-7-5-4-6-8-12/h4-8,13-14H,1,9-10,15H2,2-3H3. The molecule has 0 aliphatic heterocycles. The van der Waals surface area contributed by atoms with Gasteiger partial charge < -0.3 is 10.5 Å². The van der Waals surface area contributed by atoms with E-state index in [2.05, 4.69) is 18.7 Å². The summed E-state index contributed by atoms with van der Waals surface area (Å²) in [6.45, 7) is 5.91. The lowest BCUT2D eigenvalue weighted by atomic mass is 9.97. The molecule has 2 unspecified atom stereocenters. The van der Waals surface area contributed by atoms with Crippen molar-refractivity contribution in [2.45, 2.75) is 31.9 Å². The molecule has 0 bridgehead atoms. The van der Waals surface area contributed by atoms with Crippen LogP contribution in [-0.4, -0.2) is 13.2 Å². The van der Waals surface area contributed by atoms with Gasteiger partial charge in [0.15, 0.2) is 0 Å². The Morgan fingerprint density at radius 3 is 2.50 bits per heavy atom. The number of hydrogen-bond donors (Lipinski definition) is 1. The summed E-state index contributed by atoms with van der Waals surface area (Å²) < 4.78 is 5.48. The predicted molar refractivity (Wildman–Crippen MR) is 68.2 cm³/mol. The van der Waals surface area contributed by atoms with Crippen molar-refractivity contribution in [1.82, 2.24) is 0 Å². The molecule has 0 amide bonds. The van der Waals surface area contributed by atoms with E-state index >= 15 is 0 Å². The molecule has 0 aliphatic rings. The van der Waals surface area contributed by atoms with Gasteiger partial charge in [0.25, 0.3) is 0 Å². The fourth-order valence-electron chi connectivity index (χ4n) is 1.77. The van der Waals surface area contributed by atoms with Crippen LogP contribution in [0.25, 0.3) is 0 Å². The lowest BCUT2D eigenvalue weighted by molar-refractivity contribution is 0.0777. The Morgan fingerprint density at radius 1 is 1.38 bits per heavy atom. The van der Waals surface area contributed by atoms with E-state index in [1.807, 2.05) is 25.1 Å². The smallest absolute Gasteiger partial charge is 0.0972 e. The fourth-order valence-corrected chi connectivity index (χ4v) is 1.77. The fraction of sp³-hybridized carbons (Fsp3) is 0.429. The van der Waals surface area contributed by atoms with Crippen LogP contribution in [0.15, 0.2) is 42.5 Å². The normalized spacial score (nSPS) is 14.4. The van der Waals surface area contributed by atoms with Gasteiger partial charge in [-0.3, -0.25) is 0 Å². The van der Waals surface area contributed by atoms with E-state index < -0.39 is 0 Å². The van der Waals surface area contributed by atoms with Gasteiger partial charge in [-0.25, -0.2) is 0 Å². The van der Waals surface area contributed by atoms with Crippen LogP contribution in [0.1, 0.15) is 31.4 Å². The molecule has 0 radical (unpaired) electrons. The molecule has 16 heavy (non-hydrogen) atoms. The summed E-state index contributed by atoms with van der Waals surface area (Å²) in [6.07, 6.45) is 1.83. The van der Waals surface area contributed by atoms with Crippen LogP contribution in [0.3, 0.4) is 0 Å². The quantitative estimate of drug-likeness (QED) is 0.746. The molecule has 0 aliphatic carbocycles. The van der Waals surface area contributed by atoms with Crippen molar-refractivity contribution in [3.8, 4) is 0 Å². The second kappa shape index (κ2) is 6.46. The van der Waals surface area contributed by atoms with Gasteiger partial charge in [-0.2, -0.15) is 0 Å². The lowest BCUT2D eigenvalue weighted by Crippen LogP contribution is -2.29. The zero-order chi connectivity index (χ0) is 12.0. The molecule has 0 heterocycles. The van der Waals surface area contributed by atoms with E-state index in [-0.39, 0.29) is 12.1 Å². The van der Waals surface area contributed by atoms with E-state index in [1.165, 1.54) is 5.57 Å². The number of benzene rings is 1. The third-order valence-electron chi connectivity index (χ3n) is 2.68. The highest BCUT2D eigenvalue weighted by Gasteiger charge is 2.18. The number of ether oxygens (including phenoxy) is 1. The zero-order valence-corrected chi connectivity index (χ0v) is 10.1. The van der Waals surface area contributed by atoms with Gasteiger partial charge in [0.05, 0.1) is 6.10 Å². The first kappa shape index (κ1) is 12.9. The van der Waals surface area contributed by atoms with E-state index in [9.17, 15) is 0 Å². The molecule has 0 fully saturated rings. The topological polar surface area (TPSA) is 35.2 Å². The Balaban J connectivity index is 2.63. The number of rotatable bonds is 6. The summed E-state index contributed by atoms with van der Waals surface area (Å²) in [5.74, 6) is 0. The lowest BCUT2D eigenvalue weighted by Gasteiger charge is -2.23. The minimum absolute atomic E-state index is 0.0177. The molecule has 1 rings (SSSR count). The van der Waals surface area contributed by atoms with Gasteiger partial charge in [0.2, 0.25) is 0 Å². The van der Waals surface area contributed by atoms with Crippen molar-refractivity contribution >= 4 is 0 Å². The highest BCUT2D eigenvalue weighted by atomic mass is 16.5. The zero-order valence-electron chi connectivity index (χ0n) is 10.1. The molecule has 1 aromatic rings. The van der Waals surface area contributed by atoms with Crippen LogP contribution in [-0.2, 0) is 4.74 Å². The first-order chi connectivity index (χ1) is 7.65. The molecule has 1 aromatic carbocycles. The van der Waals surface area contributed by atoms with E-state index in [0.717, 1.165) is 18.4 Å². The molecular weight excluding hydrogens is 198 g/mol. The van der Waals surface area contributed by atoms with Crippen molar-refractivity contribution in [2.24, 2.45) is 5.73 Å². The molecule has 0 saturated carbocycles. The second-order valence-corrected chi connectivity index (χ2v) is 4.23. The second-order valence-electron chi connectivity index (χ2n) is 4.23. The first-order valence-electron chi connectivity index (χ1n) is 5.63. The Hall–Kier alpha value is -1.12. The predicted octanol–water partition coefficient (Wildman–Crippen LogP) is 3.06.